The fourth-order valence-corrected chi connectivity index (χ4v) is 9.40. The largest absolute Gasteiger partial charge is 0.379 e. The van der Waals surface area contributed by atoms with E-state index >= 15 is 0 Å². The van der Waals surface area contributed by atoms with Crippen molar-refractivity contribution in [1.82, 2.24) is 51.4 Å². The number of aromatic nitrogens is 3. The van der Waals surface area contributed by atoms with Crippen LogP contribution in [0, 0.1) is 0 Å². The van der Waals surface area contributed by atoms with Gasteiger partial charge in [-0.3, -0.25) is 19.2 Å². The number of nitrogens with zero attached hydrogens (tertiary/aromatic N) is 5. The van der Waals surface area contributed by atoms with E-state index < -0.39 is 12.2 Å². The van der Waals surface area contributed by atoms with E-state index in [1.54, 1.807) is 36.9 Å². The molecule has 68 heavy (non-hydrogen) atoms. The number of hydrogen-bond donors (Lipinski definition) is 5. The summed E-state index contributed by atoms with van der Waals surface area (Å²) in [4.78, 5) is 64.8. The molecular weight excluding hydrogens is 901 g/mol. The van der Waals surface area contributed by atoms with Crippen LogP contribution in [0.5, 0.6) is 0 Å². The smallest absolute Gasteiger partial charge is 0.315 e. The second kappa shape index (κ2) is 35.2. The van der Waals surface area contributed by atoms with Crippen molar-refractivity contribution in [3.05, 3.63) is 23.5 Å². The fraction of sp³-hybridized carbons (Fsp3) is 0.804. The molecule has 5 atom stereocenters. The van der Waals surface area contributed by atoms with Crippen LogP contribution in [0.15, 0.2) is 12.2 Å². The van der Waals surface area contributed by atoms with E-state index in [1.807, 2.05) is 32.7 Å². The molecule has 0 aliphatic carbocycles. The van der Waals surface area contributed by atoms with Gasteiger partial charge in [0, 0.05) is 117 Å². The number of fused-ring (bicyclic) bond motifs is 2. The quantitative estimate of drug-likeness (QED) is 0.0375. The molecular formula is C46H82N10O11S. The molecule has 2 saturated heterocycles. The first kappa shape index (κ1) is 58.4. The lowest BCUT2D eigenvalue weighted by Gasteiger charge is -2.33. The number of unbranched alkanes of at least 4 members (excludes halogenated alkanes) is 1. The molecule has 0 unspecified atom stereocenters. The van der Waals surface area contributed by atoms with Crippen LogP contribution in [0.2, 0.25) is 0 Å². The Morgan fingerprint density at radius 2 is 1.50 bits per heavy atom. The molecule has 21 nitrogen and oxygen atoms in total. The van der Waals surface area contributed by atoms with Gasteiger partial charge in [-0.05, 0) is 39.2 Å². The summed E-state index contributed by atoms with van der Waals surface area (Å²) in [5.74, 6) is 0.711. The van der Waals surface area contributed by atoms with Gasteiger partial charge in [0.25, 0.3) is 0 Å². The van der Waals surface area contributed by atoms with E-state index in [-0.39, 0.29) is 54.6 Å². The van der Waals surface area contributed by atoms with Crippen molar-refractivity contribution in [1.29, 1.82) is 0 Å². The van der Waals surface area contributed by atoms with E-state index in [0.29, 0.717) is 135 Å². The van der Waals surface area contributed by atoms with E-state index in [4.69, 9.17) is 28.4 Å². The molecule has 1 aromatic rings. The standard InChI is InChI=1S/C44H76N10O11S.C2H6/c1-45-37(55)14-8-19-52(2)21-25-64-26-22-54-34-16-20-53(31-35(60-3)43(61-4)42(34)50-51-54)40(58)15-7-13-39(57)47-18-10-24-63-28-30-65-29-27-62-23-9-17-46-38(56)12-6-5-11-36-41-33(32-66-36)48-44(59)49-41;1-2/h8,14,33,35-36,41,43H,5-7,9-13,15-32H2,1-4H3,(H,45,55)(H,46,56)(H,47,57)(H2,48,49,59);1-2H3/b14-8+;/t33-,35-,36-,41-,43+;/m0./s1. The number of hydrogen-bond acceptors (Lipinski definition) is 15. The monoisotopic (exact) mass is 983 g/mol. The number of likely N-dealkylation sites (N-methyl/N-ethyl adjacent to an activating group) is 2. The Labute approximate surface area is 407 Å². The number of carbonyl (C=O) groups is 5. The predicted octanol–water partition coefficient (Wildman–Crippen LogP) is 1.60. The van der Waals surface area contributed by atoms with Crippen LogP contribution in [0.1, 0.15) is 89.1 Å². The highest BCUT2D eigenvalue weighted by atomic mass is 32.2. The molecule has 4 heterocycles. The summed E-state index contributed by atoms with van der Waals surface area (Å²) in [7, 11) is 6.73. The van der Waals surface area contributed by atoms with Gasteiger partial charge in [-0.2, -0.15) is 11.8 Å². The van der Waals surface area contributed by atoms with Crippen molar-refractivity contribution in [2.45, 2.75) is 114 Å². The molecule has 4 rings (SSSR count). The summed E-state index contributed by atoms with van der Waals surface area (Å²) >= 11 is 1.90. The molecule has 6 amide bonds. The van der Waals surface area contributed by atoms with Crippen molar-refractivity contribution < 1.29 is 52.4 Å². The summed E-state index contributed by atoms with van der Waals surface area (Å²) < 4.78 is 36.1. The van der Waals surface area contributed by atoms with Crippen molar-refractivity contribution in [3.8, 4) is 0 Å². The summed E-state index contributed by atoms with van der Waals surface area (Å²) in [5, 5.41) is 23.6. The third-order valence-electron chi connectivity index (χ3n) is 11.6. The summed E-state index contributed by atoms with van der Waals surface area (Å²) in [6.45, 7) is 11.4. The van der Waals surface area contributed by atoms with Crippen molar-refractivity contribution >= 4 is 41.4 Å². The highest BCUT2D eigenvalue weighted by Crippen LogP contribution is 2.33. The zero-order chi connectivity index (χ0) is 49.4. The first-order chi connectivity index (χ1) is 33.1. The Morgan fingerprint density at radius 1 is 0.838 bits per heavy atom. The lowest BCUT2D eigenvalue weighted by Crippen LogP contribution is -2.44. The topological polar surface area (TPSA) is 238 Å². The number of nitrogens with one attached hydrogen (secondary N) is 5. The second-order valence-electron chi connectivity index (χ2n) is 16.5. The average molecular weight is 983 g/mol. The molecule has 0 bridgehead atoms. The van der Waals surface area contributed by atoms with Crippen LogP contribution < -0.4 is 26.6 Å². The Balaban J connectivity index is 0.00000604. The molecule has 1 aromatic heterocycles. The SMILES string of the molecule is CC.CNC(=O)/C=C/CN(C)CCOCCn1nnc2c1CCN(C(=O)CCCC(=O)NCCCOCCOCCOCCCNC(=O)CCCC[C@@H]1SC[C@@H]3NC(=O)N[C@@H]31)C[C@H](OC)[C@H]2OC. The lowest BCUT2D eigenvalue weighted by molar-refractivity contribution is -0.136. The Kier molecular flexibility index (Phi) is 30.3. The second-order valence-corrected chi connectivity index (χ2v) is 17.8. The highest BCUT2D eigenvalue weighted by Gasteiger charge is 2.42. The van der Waals surface area contributed by atoms with Crippen LogP contribution in [-0.4, -0.2) is 204 Å². The molecule has 0 radical (unpaired) electrons. The molecule has 5 N–H and O–H groups in total. The average Bonchev–Trinajstić information content (AvgIpc) is 4.03. The minimum absolute atomic E-state index is 0.0566. The van der Waals surface area contributed by atoms with Gasteiger partial charge in [0.2, 0.25) is 23.6 Å². The summed E-state index contributed by atoms with van der Waals surface area (Å²) in [6.07, 6.45) is 8.48. The Bertz CT molecular complexity index is 1640. The maximum Gasteiger partial charge on any atom is 0.315 e. The van der Waals surface area contributed by atoms with E-state index in [0.717, 1.165) is 37.1 Å². The fourth-order valence-electron chi connectivity index (χ4n) is 7.86. The maximum absolute atomic E-state index is 13.4. The van der Waals surface area contributed by atoms with Crippen molar-refractivity contribution in [3.63, 3.8) is 0 Å². The number of methoxy groups -OCH3 is 2. The van der Waals surface area contributed by atoms with Gasteiger partial charge in [-0.25, -0.2) is 9.48 Å². The molecule has 0 saturated carbocycles. The number of carbonyl (C=O) groups excluding carboxylic acids is 5. The molecule has 3 aliphatic heterocycles. The molecule has 0 aromatic carbocycles. The number of thioether (sulfide) groups is 1. The van der Waals surface area contributed by atoms with E-state index in [2.05, 4.69) is 41.8 Å². The molecule has 388 valence electrons. The van der Waals surface area contributed by atoms with Crippen LogP contribution in [-0.2, 0) is 60.6 Å². The molecule has 3 aliphatic rings. The summed E-state index contributed by atoms with van der Waals surface area (Å²) in [6, 6.07) is 0.379. The van der Waals surface area contributed by atoms with Crippen LogP contribution in [0.3, 0.4) is 0 Å². The number of rotatable bonds is 34. The Morgan fingerprint density at radius 3 is 2.16 bits per heavy atom. The van der Waals surface area contributed by atoms with Crippen molar-refractivity contribution in [2.24, 2.45) is 0 Å². The maximum atomic E-state index is 13.4. The number of urea groups is 1. The minimum atomic E-state index is -0.515. The van der Waals surface area contributed by atoms with E-state index in [9.17, 15) is 24.0 Å². The zero-order valence-electron chi connectivity index (χ0n) is 41.6. The van der Waals surface area contributed by atoms with Gasteiger partial charge in [0.1, 0.15) is 17.9 Å². The van der Waals surface area contributed by atoms with Gasteiger partial charge in [0.15, 0.2) is 0 Å². The predicted molar refractivity (Wildman–Crippen MR) is 259 cm³/mol. The first-order valence-corrected chi connectivity index (χ1v) is 25.5. The van der Waals surface area contributed by atoms with Gasteiger partial charge in [-0.1, -0.05) is 31.6 Å². The highest BCUT2D eigenvalue weighted by molar-refractivity contribution is 8.00. The van der Waals surface area contributed by atoms with Crippen molar-refractivity contribution in [2.75, 3.05) is 126 Å². The number of ether oxygens (including phenoxy) is 6. The molecule has 22 heteroatoms. The molecule has 0 spiro atoms. The van der Waals surface area contributed by atoms with E-state index in [1.165, 1.54) is 6.08 Å². The zero-order valence-corrected chi connectivity index (χ0v) is 42.4. The third kappa shape index (κ3) is 22.2. The molecule has 2 fully saturated rings. The van der Waals surface area contributed by atoms with Crippen LogP contribution in [0.4, 0.5) is 4.79 Å². The van der Waals surface area contributed by atoms with Crippen LogP contribution in [0.25, 0.3) is 0 Å². The Hall–Kier alpha value is -3.90. The lowest BCUT2D eigenvalue weighted by atomic mass is 10.0. The summed E-state index contributed by atoms with van der Waals surface area (Å²) in [5.41, 5.74) is 1.56. The van der Waals surface area contributed by atoms with Gasteiger partial charge in [0.05, 0.1) is 64.0 Å². The normalized spacial score (nSPS) is 19.9. The third-order valence-corrected chi connectivity index (χ3v) is 13.1. The van der Waals surface area contributed by atoms with Gasteiger partial charge >= 0.3 is 6.03 Å². The van der Waals surface area contributed by atoms with Crippen LogP contribution >= 0.6 is 11.8 Å². The van der Waals surface area contributed by atoms with Gasteiger partial charge < -0.3 is 64.8 Å². The minimum Gasteiger partial charge on any atom is -0.379 e. The van der Waals surface area contributed by atoms with Gasteiger partial charge in [-0.15, -0.1) is 5.10 Å². The number of amides is 6. The first-order valence-electron chi connectivity index (χ1n) is 24.5.